The third kappa shape index (κ3) is 6.94. The Morgan fingerprint density at radius 1 is 1.00 bits per heavy atom. The van der Waals surface area contributed by atoms with Crippen LogP contribution in [-0.4, -0.2) is 12.6 Å². The molecule has 15 heavy (non-hydrogen) atoms. The fourth-order valence-electron chi connectivity index (χ4n) is 2.17. The Hall–Kier alpha value is -0.0400. The van der Waals surface area contributed by atoms with E-state index in [2.05, 4.69) is 19.2 Å². The van der Waals surface area contributed by atoms with E-state index in [-0.39, 0.29) is 0 Å². The minimum atomic E-state index is 0.782. The van der Waals surface area contributed by atoms with Gasteiger partial charge in [0.05, 0.1) is 0 Å². The van der Waals surface area contributed by atoms with Crippen LogP contribution in [0.1, 0.15) is 71.6 Å². The first-order chi connectivity index (χ1) is 7.34. The summed E-state index contributed by atoms with van der Waals surface area (Å²) in [5, 5.41) is 3.65. The zero-order chi connectivity index (χ0) is 10.9. The van der Waals surface area contributed by atoms with Crippen molar-refractivity contribution in [3.63, 3.8) is 0 Å². The van der Waals surface area contributed by atoms with Crippen molar-refractivity contribution in [3.05, 3.63) is 0 Å². The number of nitrogens with one attached hydrogen (secondary N) is 1. The Morgan fingerprint density at radius 3 is 2.20 bits per heavy atom. The van der Waals surface area contributed by atoms with Gasteiger partial charge in [-0.1, -0.05) is 45.4 Å². The van der Waals surface area contributed by atoms with Gasteiger partial charge in [0.2, 0.25) is 0 Å². The Balaban J connectivity index is 1.72. The zero-order valence-corrected chi connectivity index (χ0v) is 10.7. The number of hydrogen-bond donors (Lipinski definition) is 1. The van der Waals surface area contributed by atoms with Gasteiger partial charge < -0.3 is 5.32 Å². The van der Waals surface area contributed by atoms with Crippen molar-refractivity contribution in [1.82, 2.24) is 5.32 Å². The van der Waals surface area contributed by atoms with E-state index in [1.54, 1.807) is 0 Å². The molecule has 1 saturated carbocycles. The summed E-state index contributed by atoms with van der Waals surface area (Å²) in [6.07, 6.45) is 12.9. The predicted molar refractivity (Wildman–Crippen MR) is 68.2 cm³/mol. The molecule has 0 saturated heterocycles. The molecule has 1 N–H and O–H groups in total. The molecule has 1 aliphatic carbocycles. The molecule has 0 amide bonds. The van der Waals surface area contributed by atoms with Crippen molar-refractivity contribution in [3.8, 4) is 0 Å². The van der Waals surface area contributed by atoms with Crippen LogP contribution in [-0.2, 0) is 0 Å². The lowest BCUT2D eigenvalue weighted by atomic mass is 10.1. The van der Waals surface area contributed by atoms with Gasteiger partial charge in [0.25, 0.3) is 0 Å². The molecule has 1 heteroatoms. The monoisotopic (exact) mass is 211 g/mol. The van der Waals surface area contributed by atoms with Gasteiger partial charge in [-0.2, -0.15) is 0 Å². The first kappa shape index (κ1) is 13.0. The molecule has 1 nitrogen and oxygen atoms in total. The molecule has 1 aliphatic rings. The second-order valence-electron chi connectivity index (χ2n) is 5.20. The van der Waals surface area contributed by atoms with Crippen LogP contribution < -0.4 is 5.32 Å². The summed E-state index contributed by atoms with van der Waals surface area (Å²) >= 11 is 0. The lowest BCUT2D eigenvalue weighted by Crippen LogP contribution is -2.28. The summed E-state index contributed by atoms with van der Waals surface area (Å²) in [7, 11) is 0. The Kier molecular flexibility index (Phi) is 7.08. The molecular weight excluding hydrogens is 182 g/mol. The smallest absolute Gasteiger partial charge is 0.00669 e. The van der Waals surface area contributed by atoms with E-state index in [1.807, 2.05) is 0 Å². The van der Waals surface area contributed by atoms with Gasteiger partial charge in [0.15, 0.2) is 0 Å². The number of hydrogen-bond acceptors (Lipinski definition) is 1. The molecule has 0 spiro atoms. The van der Waals surface area contributed by atoms with E-state index in [0.29, 0.717) is 0 Å². The van der Waals surface area contributed by atoms with Crippen molar-refractivity contribution in [1.29, 1.82) is 0 Å². The van der Waals surface area contributed by atoms with Crippen LogP contribution in [0.3, 0.4) is 0 Å². The van der Waals surface area contributed by atoms with Gasteiger partial charge in [-0.05, 0) is 38.6 Å². The highest BCUT2D eigenvalue weighted by atomic mass is 14.9. The summed E-state index contributed by atoms with van der Waals surface area (Å²) in [4.78, 5) is 0. The Morgan fingerprint density at radius 2 is 1.60 bits per heavy atom. The third-order valence-electron chi connectivity index (χ3n) is 3.58. The highest BCUT2D eigenvalue weighted by Gasteiger charge is 2.26. The normalized spacial score (nSPS) is 18.0. The largest absolute Gasteiger partial charge is 0.314 e. The van der Waals surface area contributed by atoms with E-state index in [9.17, 15) is 0 Å². The molecular formula is C14H29N. The molecule has 0 aromatic rings. The molecule has 0 heterocycles. The summed E-state index contributed by atoms with van der Waals surface area (Å²) in [5.74, 6) is 1.01. The average molecular weight is 211 g/mol. The van der Waals surface area contributed by atoms with Crippen LogP contribution in [0.2, 0.25) is 0 Å². The van der Waals surface area contributed by atoms with Gasteiger partial charge in [0.1, 0.15) is 0 Å². The van der Waals surface area contributed by atoms with Crippen LogP contribution >= 0.6 is 0 Å². The van der Waals surface area contributed by atoms with E-state index in [4.69, 9.17) is 0 Å². The zero-order valence-electron chi connectivity index (χ0n) is 10.7. The maximum atomic E-state index is 3.65. The van der Waals surface area contributed by atoms with E-state index in [1.165, 1.54) is 64.3 Å². The lowest BCUT2D eigenvalue weighted by Gasteiger charge is -2.12. The van der Waals surface area contributed by atoms with Crippen molar-refractivity contribution in [2.24, 2.45) is 5.92 Å². The van der Waals surface area contributed by atoms with Crippen LogP contribution in [0, 0.1) is 5.92 Å². The Labute approximate surface area is 96.0 Å². The predicted octanol–water partition coefficient (Wildman–Crippen LogP) is 4.13. The molecule has 1 unspecified atom stereocenters. The van der Waals surface area contributed by atoms with Gasteiger partial charge in [0, 0.05) is 6.04 Å². The average Bonchev–Trinajstić information content (AvgIpc) is 3.05. The minimum Gasteiger partial charge on any atom is -0.314 e. The van der Waals surface area contributed by atoms with Crippen molar-refractivity contribution >= 4 is 0 Å². The molecule has 0 aliphatic heterocycles. The van der Waals surface area contributed by atoms with Crippen LogP contribution in [0.25, 0.3) is 0 Å². The molecule has 0 bridgehead atoms. The second kappa shape index (κ2) is 8.15. The molecule has 0 aromatic heterocycles. The molecule has 90 valence electrons. The first-order valence-corrected chi connectivity index (χ1v) is 7.08. The van der Waals surface area contributed by atoms with Gasteiger partial charge in [-0.15, -0.1) is 0 Å². The Bertz CT molecular complexity index is 140. The lowest BCUT2D eigenvalue weighted by molar-refractivity contribution is 0.476. The molecule has 1 fully saturated rings. The fourth-order valence-corrected chi connectivity index (χ4v) is 2.17. The maximum Gasteiger partial charge on any atom is 0.00669 e. The standard InChI is InChI=1S/C14H29N/c1-3-4-5-6-7-8-9-12-15-13(2)14-10-11-14/h13-15H,3-12H2,1-2H3. The first-order valence-electron chi connectivity index (χ1n) is 7.08. The quantitative estimate of drug-likeness (QED) is 0.536. The minimum absolute atomic E-state index is 0.782. The molecule has 0 aromatic carbocycles. The summed E-state index contributed by atoms with van der Waals surface area (Å²) in [5.41, 5.74) is 0. The fraction of sp³-hybridized carbons (Fsp3) is 1.00. The maximum absolute atomic E-state index is 3.65. The van der Waals surface area contributed by atoms with E-state index in [0.717, 1.165) is 12.0 Å². The van der Waals surface area contributed by atoms with Crippen LogP contribution in [0.15, 0.2) is 0 Å². The van der Waals surface area contributed by atoms with Crippen LogP contribution in [0.5, 0.6) is 0 Å². The highest BCUT2D eigenvalue weighted by Crippen LogP contribution is 2.32. The molecule has 0 radical (unpaired) electrons. The molecule has 1 rings (SSSR count). The number of unbranched alkanes of at least 4 members (excludes halogenated alkanes) is 6. The SMILES string of the molecule is CCCCCCCCCNC(C)C1CC1. The van der Waals surface area contributed by atoms with E-state index >= 15 is 0 Å². The molecule has 1 atom stereocenters. The number of rotatable bonds is 10. The van der Waals surface area contributed by atoms with Gasteiger partial charge in [-0.25, -0.2) is 0 Å². The van der Waals surface area contributed by atoms with Crippen LogP contribution in [0.4, 0.5) is 0 Å². The van der Waals surface area contributed by atoms with Crippen molar-refractivity contribution in [2.45, 2.75) is 77.7 Å². The third-order valence-corrected chi connectivity index (χ3v) is 3.58. The van der Waals surface area contributed by atoms with Crippen molar-refractivity contribution in [2.75, 3.05) is 6.54 Å². The topological polar surface area (TPSA) is 12.0 Å². The highest BCUT2D eigenvalue weighted by molar-refractivity contribution is 4.82. The van der Waals surface area contributed by atoms with Crippen molar-refractivity contribution < 1.29 is 0 Å². The summed E-state index contributed by atoms with van der Waals surface area (Å²) in [6, 6.07) is 0.782. The summed E-state index contributed by atoms with van der Waals surface area (Å²) < 4.78 is 0. The van der Waals surface area contributed by atoms with Gasteiger partial charge >= 0.3 is 0 Å². The second-order valence-corrected chi connectivity index (χ2v) is 5.20. The summed E-state index contributed by atoms with van der Waals surface area (Å²) in [6.45, 7) is 5.87. The van der Waals surface area contributed by atoms with Gasteiger partial charge in [-0.3, -0.25) is 0 Å². The van der Waals surface area contributed by atoms with E-state index < -0.39 is 0 Å².